The maximum atomic E-state index is 12.3. The molecule has 1 aromatic rings. The zero-order valence-electron chi connectivity index (χ0n) is 16.5. The zero-order chi connectivity index (χ0) is 19.3. The van der Waals surface area contributed by atoms with Gasteiger partial charge in [-0.25, -0.2) is 4.79 Å². The predicted octanol–water partition coefficient (Wildman–Crippen LogP) is 3.03. The van der Waals surface area contributed by atoms with Crippen molar-refractivity contribution in [2.75, 3.05) is 32.8 Å². The largest absolute Gasteiger partial charge is 0.491 e. The normalized spacial score (nSPS) is 20.7. The topological polar surface area (TPSA) is 62.2 Å². The molecule has 2 saturated heterocycles. The van der Waals surface area contributed by atoms with Gasteiger partial charge >= 0.3 is 6.09 Å². The van der Waals surface area contributed by atoms with Crippen LogP contribution in [0.15, 0.2) is 24.3 Å². The third-order valence-electron chi connectivity index (χ3n) is 5.72. The Hall–Kier alpha value is -1.79. The van der Waals surface area contributed by atoms with Gasteiger partial charge in [-0.15, -0.1) is 0 Å². The van der Waals surface area contributed by atoms with Crippen molar-refractivity contribution in [3.05, 3.63) is 29.8 Å². The van der Waals surface area contributed by atoms with Crippen LogP contribution >= 0.6 is 0 Å². The van der Waals surface area contributed by atoms with Crippen LogP contribution in [0.3, 0.4) is 0 Å². The van der Waals surface area contributed by atoms with E-state index < -0.39 is 0 Å². The van der Waals surface area contributed by atoms with E-state index in [9.17, 15) is 4.79 Å². The molecule has 0 saturated carbocycles. The van der Waals surface area contributed by atoms with E-state index in [1.807, 2.05) is 23.1 Å². The second kappa shape index (κ2) is 8.93. The predicted molar refractivity (Wildman–Crippen MR) is 104 cm³/mol. The van der Waals surface area contributed by atoms with Gasteiger partial charge in [-0.2, -0.15) is 0 Å². The fourth-order valence-corrected chi connectivity index (χ4v) is 4.11. The van der Waals surface area contributed by atoms with E-state index in [4.69, 9.17) is 14.6 Å². The number of hydrogen-bond acceptors (Lipinski definition) is 5. The zero-order valence-corrected chi connectivity index (χ0v) is 16.5. The molecule has 150 valence electrons. The SMILES string of the molecule is CCC[C@@H](C)N1CC2(CCN(Cc3ccccc3OCCO)CC2)OC1=O. The summed E-state index contributed by atoms with van der Waals surface area (Å²) in [5, 5.41) is 8.99. The van der Waals surface area contributed by atoms with Crippen molar-refractivity contribution in [3.63, 3.8) is 0 Å². The number of hydrogen-bond donors (Lipinski definition) is 1. The Morgan fingerprint density at radius 1 is 1.30 bits per heavy atom. The number of piperidine rings is 1. The van der Waals surface area contributed by atoms with Crippen molar-refractivity contribution < 1.29 is 19.4 Å². The smallest absolute Gasteiger partial charge is 0.410 e. The van der Waals surface area contributed by atoms with Crippen molar-refractivity contribution in [3.8, 4) is 5.75 Å². The van der Waals surface area contributed by atoms with Gasteiger partial charge in [-0.1, -0.05) is 31.5 Å². The van der Waals surface area contributed by atoms with E-state index >= 15 is 0 Å². The first kappa shape index (κ1) is 20.0. The quantitative estimate of drug-likeness (QED) is 0.756. The molecular formula is C21H32N2O4. The van der Waals surface area contributed by atoms with E-state index in [0.717, 1.165) is 63.2 Å². The summed E-state index contributed by atoms with van der Waals surface area (Å²) in [7, 11) is 0. The van der Waals surface area contributed by atoms with Crippen LogP contribution in [0.1, 0.15) is 45.1 Å². The second-order valence-electron chi connectivity index (χ2n) is 7.77. The Kier molecular flexibility index (Phi) is 6.60. The molecule has 0 aliphatic carbocycles. The number of carbonyl (C=O) groups is 1. The monoisotopic (exact) mass is 376 g/mol. The maximum absolute atomic E-state index is 12.3. The van der Waals surface area contributed by atoms with Gasteiger partial charge in [0.15, 0.2) is 0 Å². The number of benzene rings is 1. The van der Waals surface area contributed by atoms with E-state index in [1.165, 1.54) is 0 Å². The van der Waals surface area contributed by atoms with Crippen LogP contribution in [0.25, 0.3) is 0 Å². The number of rotatable bonds is 8. The summed E-state index contributed by atoms with van der Waals surface area (Å²) in [5.41, 5.74) is 0.811. The van der Waals surface area contributed by atoms with Gasteiger partial charge in [0.25, 0.3) is 0 Å². The average molecular weight is 376 g/mol. The van der Waals surface area contributed by atoms with Gasteiger partial charge in [0.05, 0.1) is 13.2 Å². The summed E-state index contributed by atoms with van der Waals surface area (Å²) < 4.78 is 11.5. The molecule has 1 aromatic carbocycles. The standard InChI is InChI=1S/C21H32N2O4/c1-3-6-17(2)23-16-21(27-20(23)25)9-11-22(12-10-21)15-18-7-4-5-8-19(18)26-14-13-24/h4-5,7-8,17,24H,3,6,9-16H2,1-2H3/t17-/m1/s1. The van der Waals surface area contributed by atoms with Crippen molar-refractivity contribution in [2.24, 2.45) is 0 Å². The summed E-state index contributed by atoms with van der Waals surface area (Å²) in [6.45, 7) is 7.91. The van der Waals surface area contributed by atoms with E-state index in [1.54, 1.807) is 0 Å². The molecule has 2 aliphatic heterocycles. The van der Waals surface area contributed by atoms with E-state index in [2.05, 4.69) is 24.8 Å². The van der Waals surface area contributed by atoms with Crippen LogP contribution in [-0.2, 0) is 11.3 Å². The van der Waals surface area contributed by atoms with Gasteiger partial charge in [-0.05, 0) is 19.4 Å². The Labute approximate surface area is 162 Å². The Morgan fingerprint density at radius 2 is 2.04 bits per heavy atom. The highest BCUT2D eigenvalue weighted by molar-refractivity contribution is 5.71. The van der Waals surface area contributed by atoms with Crippen molar-refractivity contribution in [1.82, 2.24) is 9.80 Å². The summed E-state index contributed by atoms with van der Waals surface area (Å²) in [5.74, 6) is 0.832. The van der Waals surface area contributed by atoms with Crippen LogP contribution < -0.4 is 4.74 Å². The highest BCUT2D eigenvalue weighted by Gasteiger charge is 2.47. The molecule has 1 amide bonds. The molecular weight excluding hydrogens is 344 g/mol. The summed E-state index contributed by atoms with van der Waals surface area (Å²) in [6.07, 6.45) is 3.68. The number of aliphatic hydroxyl groups is 1. The van der Waals surface area contributed by atoms with Crippen LogP contribution in [0.5, 0.6) is 5.75 Å². The number of para-hydroxylation sites is 1. The van der Waals surface area contributed by atoms with Gasteiger partial charge in [0.1, 0.15) is 18.0 Å². The van der Waals surface area contributed by atoms with Gasteiger partial charge in [0.2, 0.25) is 0 Å². The Balaban J connectivity index is 1.56. The third-order valence-corrected chi connectivity index (χ3v) is 5.72. The van der Waals surface area contributed by atoms with Crippen molar-refractivity contribution in [2.45, 2.75) is 57.7 Å². The van der Waals surface area contributed by atoms with Gasteiger partial charge in [-0.3, -0.25) is 4.90 Å². The van der Waals surface area contributed by atoms with E-state index in [-0.39, 0.29) is 24.3 Å². The van der Waals surface area contributed by atoms with Gasteiger partial charge < -0.3 is 19.5 Å². The lowest BCUT2D eigenvalue weighted by molar-refractivity contribution is -0.00149. The molecule has 0 unspecified atom stereocenters. The number of aliphatic hydroxyl groups excluding tert-OH is 1. The summed E-state index contributed by atoms with van der Waals surface area (Å²) in [6, 6.07) is 8.22. The molecule has 2 heterocycles. The maximum Gasteiger partial charge on any atom is 0.410 e. The molecule has 1 spiro atoms. The molecule has 6 nitrogen and oxygen atoms in total. The van der Waals surface area contributed by atoms with Crippen LogP contribution in [0, 0.1) is 0 Å². The molecule has 0 aromatic heterocycles. The number of nitrogens with zero attached hydrogens (tertiary/aromatic N) is 2. The van der Waals surface area contributed by atoms with Crippen LogP contribution in [0.4, 0.5) is 4.79 Å². The first-order valence-corrected chi connectivity index (χ1v) is 10.1. The minimum Gasteiger partial charge on any atom is -0.491 e. The molecule has 6 heteroatoms. The van der Waals surface area contributed by atoms with Crippen molar-refractivity contribution in [1.29, 1.82) is 0 Å². The molecule has 3 rings (SSSR count). The number of likely N-dealkylation sites (tertiary alicyclic amines) is 1. The number of ether oxygens (including phenoxy) is 2. The lowest BCUT2D eigenvalue weighted by atomic mass is 9.90. The third kappa shape index (κ3) is 4.74. The second-order valence-corrected chi connectivity index (χ2v) is 7.77. The average Bonchev–Trinajstić information content (AvgIpc) is 2.99. The molecule has 27 heavy (non-hydrogen) atoms. The van der Waals surface area contributed by atoms with Crippen LogP contribution in [-0.4, -0.2) is 65.5 Å². The van der Waals surface area contributed by atoms with Crippen LogP contribution in [0.2, 0.25) is 0 Å². The lowest BCUT2D eigenvalue weighted by Crippen LogP contribution is -2.47. The van der Waals surface area contributed by atoms with Crippen molar-refractivity contribution >= 4 is 6.09 Å². The summed E-state index contributed by atoms with van der Waals surface area (Å²) >= 11 is 0. The highest BCUT2D eigenvalue weighted by atomic mass is 16.6. The lowest BCUT2D eigenvalue weighted by Gasteiger charge is -2.37. The Morgan fingerprint density at radius 3 is 2.74 bits per heavy atom. The molecule has 2 aliphatic rings. The number of amides is 1. The first-order valence-electron chi connectivity index (χ1n) is 10.1. The minimum atomic E-state index is -0.317. The van der Waals surface area contributed by atoms with Gasteiger partial charge in [0, 0.05) is 44.1 Å². The molecule has 1 N–H and O–H groups in total. The highest BCUT2D eigenvalue weighted by Crippen LogP contribution is 2.35. The summed E-state index contributed by atoms with van der Waals surface area (Å²) in [4.78, 5) is 16.6. The molecule has 0 radical (unpaired) electrons. The molecule has 0 bridgehead atoms. The minimum absolute atomic E-state index is 0.0128. The molecule has 1 atom stereocenters. The first-order chi connectivity index (χ1) is 13.1. The molecule has 2 fully saturated rings. The Bertz CT molecular complexity index is 628. The van der Waals surface area contributed by atoms with E-state index in [0.29, 0.717) is 6.61 Å². The fourth-order valence-electron chi connectivity index (χ4n) is 4.11. The fraction of sp³-hybridized carbons (Fsp3) is 0.667. The number of carbonyl (C=O) groups excluding carboxylic acids is 1.